The van der Waals surface area contributed by atoms with E-state index in [-0.39, 0.29) is 17.2 Å². The van der Waals surface area contributed by atoms with Crippen molar-refractivity contribution in [2.75, 3.05) is 12.3 Å². The average Bonchev–Trinajstić information content (AvgIpc) is 2.25. The normalized spacial score (nSPS) is 11.1. The maximum absolute atomic E-state index is 9.65. The monoisotopic (exact) mass is 230 g/mol. The highest BCUT2D eigenvalue weighted by molar-refractivity contribution is 5.73. The first-order valence-corrected chi connectivity index (χ1v) is 4.25. The SMILES string of the molecule is NC(CO)C(=O)O.Nc1cccc(O)c1O. The van der Waals surface area contributed by atoms with Gasteiger partial charge in [0.15, 0.2) is 11.5 Å². The molecule has 1 rings (SSSR count). The highest BCUT2D eigenvalue weighted by Crippen LogP contribution is 2.29. The number of aliphatic carboxylic acids is 1. The maximum atomic E-state index is 9.65. The highest BCUT2D eigenvalue weighted by atomic mass is 16.4. The predicted octanol–water partition coefficient (Wildman–Crippen LogP) is -0.929. The van der Waals surface area contributed by atoms with Gasteiger partial charge in [0.25, 0.3) is 0 Å². The van der Waals surface area contributed by atoms with E-state index in [1.54, 1.807) is 6.07 Å². The van der Waals surface area contributed by atoms with Crippen molar-refractivity contribution in [2.45, 2.75) is 6.04 Å². The van der Waals surface area contributed by atoms with Gasteiger partial charge in [-0.1, -0.05) is 6.07 Å². The summed E-state index contributed by atoms with van der Waals surface area (Å²) in [5, 5.41) is 33.5. The fourth-order valence-corrected chi connectivity index (χ4v) is 0.627. The number of phenolic OH excluding ortho intramolecular Hbond substituents is 2. The number of rotatable bonds is 2. The van der Waals surface area contributed by atoms with Gasteiger partial charge in [0.2, 0.25) is 0 Å². The van der Waals surface area contributed by atoms with Crippen LogP contribution in [-0.2, 0) is 4.79 Å². The fourth-order valence-electron chi connectivity index (χ4n) is 0.627. The molecule has 1 unspecified atom stereocenters. The zero-order valence-electron chi connectivity index (χ0n) is 8.37. The number of anilines is 1. The van der Waals surface area contributed by atoms with Crippen molar-refractivity contribution < 1.29 is 25.2 Å². The quantitative estimate of drug-likeness (QED) is 0.284. The molecule has 0 saturated heterocycles. The molecule has 1 atom stereocenters. The number of nitrogens with two attached hydrogens (primary N) is 2. The second-order valence-electron chi connectivity index (χ2n) is 2.84. The van der Waals surface area contributed by atoms with E-state index < -0.39 is 18.6 Å². The fraction of sp³-hybridized carbons (Fsp3) is 0.222. The minimum Gasteiger partial charge on any atom is -0.504 e. The lowest BCUT2D eigenvalue weighted by molar-refractivity contribution is -0.139. The standard InChI is InChI=1S/C6H7NO2.C3H7NO3/c7-4-2-1-3-5(8)6(4)9;4-2(1-5)3(6)7/h1-3,8-9H,7H2;2,5H,1,4H2,(H,6,7). The molecule has 1 aromatic carbocycles. The zero-order valence-corrected chi connectivity index (χ0v) is 8.37. The Morgan fingerprint density at radius 1 is 1.38 bits per heavy atom. The van der Waals surface area contributed by atoms with Crippen LogP contribution in [0, 0.1) is 0 Å². The number of hydrogen-bond acceptors (Lipinski definition) is 6. The number of phenols is 2. The average molecular weight is 230 g/mol. The number of carboxylic acids is 1. The van der Waals surface area contributed by atoms with Gasteiger partial charge < -0.3 is 31.9 Å². The van der Waals surface area contributed by atoms with Gasteiger partial charge in [-0.3, -0.25) is 4.79 Å². The van der Waals surface area contributed by atoms with E-state index in [1.807, 2.05) is 0 Å². The number of aliphatic hydroxyl groups excluding tert-OH is 1. The molecule has 0 spiro atoms. The Kier molecular flexibility index (Phi) is 5.68. The Labute approximate surface area is 91.6 Å². The van der Waals surface area contributed by atoms with Gasteiger partial charge in [0, 0.05) is 0 Å². The van der Waals surface area contributed by atoms with Crippen LogP contribution in [0.1, 0.15) is 0 Å². The first-order valence-electron chi connectivity index (χ1n) is 4.25. The molecule has 0 bridgehead atoms. The first kappa shape index (κ1) is 14.0. The van der Waals surface area contributed by atoms with Crippen molar-refractivity contribution in [1.82, 2.24) is 0 Å². The molecule has 0 amide bonds. The third-order valence-corrected chi connectivity index (χ3v) is 1.56. The molecule has 8 N–H and O–H groups in total. The van der Waals surface area contributed by atoms with E-state index in [1.165, 1.54) is 12.1 Å². The number of nitrogen functional groups attached to an aromatic ring is 1. The Hall–Kier alpha value is -1.99. The number of para-hydroxylation sites is 1. The maximum Gasteiger partial charge on any atom is 0.322 e. The van der Waals surface area contributed by atoms with Gasteiger partial charge in [-0.05, 0) is 12.1 Å². The molecule has 0 aliphatic heterocycles. The van der Waals surface area contributed by atoms with E-state index in [9.17, 15) is 4.79 Å². The van der Waals surface area contributed by atoms with Crippen molar-refractivity contribution in [3.05, 3.63) is 18.2 Å². The minimum atomic E-state index is -1.18. The van der Waals surface area contributed by atoms with Crippen molar-refractivity contribution >= 4 is 11.7 Å². The number of aliphatic hydroxyl groups is 1. The summed E-state index contributed by atoms with van der Waals surface area (Å²) < 4.78 is 0. The molecule has 7 nitrogen and oxygen atoms in total. The van der Waals surface area contributed by atoms with E-state index in [0.717, 1.165) is 0 Å². The number of carboxylic acid groups (broad SMARTS) is 1. The van der Waals surface area contributed by atoms with Crippen molar-refractivity contribution in [2.24, 2.45) is 5.73 Å². The molecule has 0 heterocycles. The molecule has 0 aliphatic rings. The molecule has 0 aromatic heterocycles. The molecular weight excluding hydrogens is 216 g/mol. The Balaban J connectivity index is 0.000000293. The van der Waals surface area contributed by atoms with Gasteiger partial charge in [-0.15, -0.1) is 0 Å². The zero-order chi connectivity index (χ0) is 12.7. The summed E-state index contributed by atoms with van der Waals surface area (Å²) in [4.78, 5) is 9.65. The Bertz CT molecular complexity index is 336. The smallest absolute Gasteiger partial charge is 0.322 e. The highest BCUT2D eigenvalue weighted by Gasteiger charge is 2.07. The molecule has 0 fully saturated rings. The summed E-state index contributed by atoms with van der Waals surface area (Å²) in [5.74, 6) is -1.62. The molecule has 1 aromatic rings. The number of aromatic hydroxyl groups is 2. The summed E-state index contributed by atoms with van der Waals surface area (Å²) >= 11 is 0. The molecule has 7 heteroatoms. The van der Waals surface area contributed by atoms with Gasteiger partial charge in [0.05, 0.1) is 12.3 Å². The summed E-state index contributed by atoms with van der Waals surface area (Å²) in [5.41, 5.74) is 10.2. The molecule has 90 valence electrons. The van der Waals surface area contributed by atoms with Crippen molar-refractivity contribution in [3.63, 3.8) is 0 Å². The van der Waals surface area contributed by atoms with Crippen LogP contribution in [0.25, 0.3) is 0 Å². The lowest BCUT2D eigenvalue weighted by atomic mass is 10.3. The summed E-state index contributed by atoms with van der Waals surface area (Å²) in [6, 6.07) is 3.31. The van der Waals surface area contributed by atoms with Gasteiger partial charge >= 0.3 is 5.97 Å². The van der Waals surface area contributed by atoms with Gasteiger partial charge in [0.1, 0.15) is 6.04 Å². The third kappa shape index (κ3) is 4.49. The topological polar surface area (TPSA) is 150 Å². The first-order chi connectivity index (χ1) is 7.40. The van der Waals surface area contributed by atoms with E-state index >= 15 is 0 Å². The summed E-state index contributed by atoms with van der Waals surface area (Å²) in [6.07, 6.45) is 0. The van der Waals surface area contributed by atoms with Crippen LogP contribution >= 0.6 is 0 Å². The number of hydrogen-bond donors (Lipinski definition) is 6. The number of benzene rings is 1. The van der Waals surface area contributed by atoms with Gasteiger partial charge in [-0.2, -0.15) is 0 Å². The van der Waals surface area contributed by atoms with Crippen LogP contribution in [0.5, 0.6) is 11.5 Å². The Morgan fingerprint density at radius 3 is 2.19 bits per heavy atom. The van der Waals surface area contributed by atoms with E-state index in [4.69, 9.17) is 31.9 Å². The van der Waals surface area contributed by atoms with E-state index in [2.05, 4.69) is 0 Å². The molecular formula is C9H14N2O5. The predicted molar refractivity (Wildman–Crippen MR) is 56.9 cm³/mol. The van der Waals surface area contributed by atoms with Crippen LogP contribution in [0.2, 0.25) is 0 Å². The summed E-state index contributed by atoms with van der Waals surface area (Å²) in [6.45, 7) is -0.505. The summed E-state index contributed by atoms with van der Waals surface area (Å²) in [7, 11) is 0. The second kappa shape index (κ2) is 6.49. The van der Waals surface area contributed by atoms with Crippen LogP contribution in [0.4, 0.5) is 5.69 Å². The molecule has 16 heavy (non-hydrogen) atoms. The van der Waals surface area contributed by atoms with Crippen LogP contribution in [0.3, 0.4) is 0 Å². The van der Waals surface area contributed by atoms with Crippen molar-refractivity contribution in [1.29, 1.82) is 0 Å². The van der Waals surface area contributed by atoms with Crippen LogP contribution in [-0.4, -0.2) is 39.0 Å². The number of carbonyl (C=O) groups is 1. The minimum absolute atomic E-state index is 0.185. The molecule has 0 saturated carbocycles. The van der Waals surface area contributed by atoms with Crippen LogP contribution < -0.4 is 11.5 Å². The van der Waals surface area contributed by atoms with Crippen molar-refractivity contribution in [3.8, 4) is 11.5 Å². The van der Waals surface area contributed by atoms with E-state index in [0.29, 0.717) is 0 Å². The molecule has 0 aliphatic carbocycles. The second-order valence-corrected chi connectivity index (χ2v) is 2.84. The lowest BCUT2D eigenvalue weighted by Crippen LogP contribution is -2.33. The lowest BCUT2D eigenvalue weighted by Gasteiger charge is -1.97. The van der Waals surface area contributed by atoms with Gasteiger partial charge in [-0.25, -0.2) is 0 Å². The van der Waals surface area contributed by atoms with Crippen LogP contribution in [0.15, 0.2) is 18.2 Å². The Morgan fingerprint density at radius 2 is 1.94 bits per heavy atom. The largest absolute Gasteiger partial charge is 0.504 e. The molecule has 0 radical (unpaired) electrons. The third-order valence-electron chi connectivity index (χ3n) is 1.56.